The molecule has 2 aromatic rings. The highest BCUT2D eigenvalue weighted by atomic mass is 16.2. The van der Waals surface area contributed by atoms with E-state index in [0.717, 1.165) is 29.3 Å². The van der Waals surface area contributed by atoms with Gasteiger partial charge in [-0.3, -0.25) is 4.79 Å². The van der Waals surface area contributed by atoms with E-state index in [0.29, 0.717) is 12.1 Å². The number of piperidine rings is 1. The predicted octanol–water partition coefficient (Wildman–Crippen LogP) is 4.03. The Morgan fingerprint density at radius 3 is 2.55 bits per heavy atom. The van der Waals surface area contributed by atoms with Crippen molar-refractivity contribution in [3.63, 3.8) is 0 Å². The highest BCUT2D eigenvalue weighted by Gasteiger charge is 2.42. The number of aromatic amines is 1. The van der Waals surface area contributed by atoms with Crippen LogP contribution in [0.15, 0.2) is 41.6 Å². The van der Waals surface area contributed by atoms with E-state index in [-0.39, 0.29) is 5.91 Å². The van der Waals surface area contributed by atoms with Gasteiger partial charge in [0.25, 0.3) is 5.91 Å². The molecule has 3 heteroatoms. The van der Waals surface area contributed by atoms with E-state index >= 15 is 0 Å². The summed E-state index contributed by atoms with van der Waals surface area (Å²) >= 11 is 0. The first-order valence-corrected chi connectivity index (χ1v) is 8.39. The Kier molecular flexibility index (Phi) is 2.55. The van der Waals surface area contributed by atoms with Crippen molar-refractivity contribution in [2.75, 3.05) is 0 Å². The summed E-state index contributed by atoms with van der Waals surface area (Å²) in [4.78, 5) is 18.4. The van der Waals surface area contributed by atoms with Crippen molar-refractivity contribution in [1.29, 1.82) is 0 Å². The average molecular weight is 292 g/mol. The van der Waals surface area contributed by atoms with Crippen molar-refractivity contribution in [2.45, 2.75) is 50.6 Å². The Labute approximate surface area is 130 Å². The smallest absolute Gasteiger partial charge is 0.254 e. The molecule has 5 rings (SSSR count). The van der Waals surface area contributed by atoms with Crippen LogP contribution in [-0.4, -0.2) is 27.9 Å². The summed E-state index contributed by atoms with van der Waals surface area (Å²) in [6.45, 7) is 0. The van der Waals surface area contributed by atoms with Gasteiger partial charge in [0.1, 0.15) is 0 Å². The number of nitrogens with zero attached hydrogens (tertiary/aromatic N) is 1. The minimum atomic E-state index is 0.232. The number of H-pyrrole nitrogens is 1. The van der Waals surface area contributed by atoms with Crippen LogP contribution in [0.5, 0.6) is 0 Å². The van der Waals surface area contributed by atoms with E-state index in [1.165, 1.54) is 25.7 Å². The topological polar surface area (TPSA) is 36.1 Å². The van der Waals surface area contributed by atoms with Gasteiger partial charge < -0.3 is 9.88 Å². The predicted molar refractivity (Wildman–Crippen MR) is 86.8 cm³/mol. The van der Waals surface area contributed by atoms with E-state index in [1.54, 1.807) is 11.1 Å². The van der Waals surface area contributed by atoms with Gasteiger partial charge >= 0.3 is 0 Å². The number of amides is 1. The minimum Gasteiger partial charge on any atom is -0.361 e. The van der Waals surface area contributed by atoms with Crippen LogP contribution in [-0.2, 0) is 0 Å². The van der Waals surface area contributed by atoms with Crippen LogP contribution in [0.2, 0.25) is 0 Å². The first kappa shape index (κ1) is 12.5. The maximum Gasteiger partial charge on any atom is 0.254 e. The van der Waals surface area contributed by atoms with Crippen molar-refractivity contribution in [3.8, 4) is 0 Å². The van der Waals surface area contributed by atoms with Gasteiger partial charge in [0, 0.05) is 34.7 Å². The molecule has 2 aliphatic heterocycles. The molecule has 22 heavy (non-hydrogen) atoms. The van der Waals surface area contributed by atoms with Gasteiger partial charge in [-0.2, -0.15) is 0 Å². The van der Waals surface area contributed by atoms with Crippen LogP contribution < -0.4 is 0 Å². The lowest BCUT2D eigenvalue weighted by molar-refractivity contribution is 0.0634. The van der Waals surface area contributed by atoms with Crippen LogP contribution in [0, 0.1) is 0 Å². The number of nitrogens with one attached hydrogen (secondary N) is 1. The molecule has 112 valence electrons. The molecule has 1 aromatic heterocycles. The number of allylic oxidation sites excluding steroid dienone is 1. The van der Waals surface area contributed by atoms with Crippen molar-refractivity contribution in [2.24, 2.45) is 0 Å². The first-order valence-electron chi connectivity index (χ1n) is 8.39. The Balaban J connectivity index is 1.46. The number of rotatable bonds is 1. The first-order chi connectivity index (χ1) is 10.8. The molecule has 0 spiro atoms. The molecule has 3 fully saturated rings. The summed E-state index contributed by atoms with van der Waals surface area (Å²) in [5.41, 5.74) is 5.31. The lowest BCUT2D eigenvalue weighted by Crippen LogP contribution is -2.44. The summed E-state index contributed by atoms with van der Waals surface area (Å²) < 4.78 is 0. The minimum absolute atomic E-state index is 0.232. The van der Waals surface area contributed by atoms with Crippen LogP contribution in [0.25, 0.3) is 10.9 Å². The van der Waals surface area contributed by atoms with Gasteiger partial charge in [-0.1, -0.05) is 11.1 Å². The van der Waals surface area contributed by atoms with Gasteiger partial charge in [0.2, 0.25) is 0 Å². The fourth-order valence-corrected chi connectivity index (χ4v) is 4.39. The Hall–Kier alpha value is -2.03. The summed E-state index contributed by atoms with van der Waals surface area (Å²) in [5, 5.41) is 1.12. The number of carbonyl (C=O) groups excluding carboxylic acids is 1. The average Bonchev–Trinajstić information content (AvgIpc) is 3.22. The number of fused-ring (bicyclic) bond motifs is 3. The third-order valence-corrected chi connectivity index (χ3v) is 5.62. The molecule has 2 saturated heterocycles. The molecule has 2 unspecified atom stereocenters. The summed E-state index contributed by atoms with van der Waals surface area (Å²) in [5.74, 6) is 0.232. The molecule has 1 saturated carbocycles. The third kappa shape index (κ3) is 1.84. The number of aromatic nitrogens is 1. The van der Waals surface area contributed by atoms with Crippen LogP contribution >= 0.6 is 0 Å². The van der Waals surface area contributed by atoms with Crippen molar-refractivity contribution in [1.82, 2.24) is 9.88 Å². The normalized spacial score (nSPS) is 26.8. The molecular formula is C19H20N2O. The zero-order chi connectivity index (χ0) is 14.7. The highest BCUT2D eigenvalue weighted by molar-refractivity contribution is 5.98. The molecule has 3 nitrogen and oxygen atoms in total. The van der Waals surface area contributed by atoms with Gasteiger partial charge in [-0.25, -0.2) is 0 Å². The second-order valence-electron chi connectivity index (χ2n) is 6.99. The third-order valence-electron chi connectivity index (χ3n) is 5.62. The second kappa shape index (κ2) is 4.48. The SMILES string of the molecule is O=C(c1ccc2[nH]ccc2c1)N1C2CCC1CC(=C1CC1)C2. The monoisotopic (exact) mass is 292 g/mol. The van der Waals surface area contributed by atoms with Crippen LogP contribution in [0.1, 0.15) is 48.9 Å². The molecule has 2 atom stereocenters. The lowest BCUT2D eigenvalue weighted by atomic mass is 9.95. The summed E-state index contributed by atoms with van der Waals surface area (Å²) in [6.07, 6.45) is 9.17. The van der Waals surface area contributed by atoms with Crippen LogP contribution in [0.4, 0.5) is 0 Å². The summed E-state index contributed by atoms with van der Waals surface area (Å²) in [7, 11) is 0. The lowest BCUT2D eigenvalue weighted by Gasteiger charge is -2.36. The van der Waals surface area contributed by atoms with Crippen molar-refractivity contribution in [3.05, 3.63) is 47.2 Å². The molecule has 2 bridgehead atoms. The maximum atomic E-state index is 13.0. The van der Waals surface area contributed by atoms with Crippen LogP contribution in [0.3, 0.4) is 0 Å². The molecule has 3 heterocycles. The number of hydrogen-bond acceptors (Lipinski definition) is 1. The van der Waals surface area contributed by atoms with Crippen molar-refractivity contribution >= 4 is 16.8 Å². The molecule has 1 amide bonds. The molecule has 0 radical (unpaired) electrons. The Morgan fingerprint density at radius 2 is 1.82 bits per heavy atom. The Bertz CT molecular complexity index is 779. The maximum absolute atomic E-state index is 13.0. The quantitative estimate of drug-likeness (QED) is 0.792. The fourth-order valence-electron chi connectivity index (χ4n) is 4.39. The van der Waals surface area contributed by atoms with E-state index < -0.39 is 0 Å². The standard InChI is InChI=1S/C19H20N2O/c22-19(14-3-6-18-13(9-14)7-8-20-18)21-16-4-5-17(21)11-15(10-16)12-1-2-12/h3,6-9,16-17,20H,1-2,4-5,10-11H2. The van der Waals surface area contributed by atoms with E-state index in [4.69, 9.17) is 0 Å². The zero-order valence-electron chi connectivity index (χ0n) is 12.6. The van der Waals surface area contributed by atoms with E-state index in [2.05, 4.69) is 9.88 Å². The molecule has 1 aromatic carbocycles. The molecular weight excluding hydrogens is 272 g/mol. The molecule has 1 N–H and O–H groups in total. The largest absolute Gasteiger partial charge is 0.361 e. The Morgan fingerprint density at radius 1 is 1.05 bits per heavy atom. The van der Waals surface area contributed by atoms with Gasteiger partial charge in [0.15, 0.2) is 0 Å². The highest BCUT2D eigenvalue weighted by Crippen LogP contribution is 2.45. The summed E-state index contributed by atoms with van der Waals surface area (Å²) in [6, 6.07) is 8.93. The van der Waals surface area contributed by atoms with Gasteiger partial charge in [0.05, 0.1) is 0 Å². The number of benzene rings is 1. The molecule has 3 aliphatic rings. The molecule has 1 aliphatic carbocycles. The van der Waals surface area contributed by atoms with E-state index in [9.17, 15) is 4.79 Å². The second-order valence-corrected chi connectivity index (χ2v) is 6.99. The van der Waals surface area contributed by atoms with Gasteiger partial charge in [-0.15, -0.1) is 0 Å². The van der Waals surface area contributed by atoms with Gasteiger partial charge in [-0.05, 0) is 62.8 Å². The number of carbonyl (C=O) groups is 1. The zero-order valence-corrected chi connectivity index (χ0v) is 12.6. The van der Waals surface area contributed by atoms with Crippen molar-refractivity contribution < 1.29 is 4.79 Å². The van der Waals surface area contributed by atoms with E-state index in [1.807, 2.05) is 30.5 Å². The fraction of sp³-hybridized carbons (Fsp3) is 0.421. The number of hydrogen-bond donors (Lipinski definition) is 1.